The van der Waals surface area contributed by atoms with Gasteiger partial charge in [-0.25, -0.2) is 0 Å². The summed E-state index contributed by atoms with van der Waals surface area (Å²) in [6, 6.07) is 6.43. The van der Waals surface area contributed by atoms with Crippen molar-refractivity contribution < 1.29 is 4.74 Å². The van der Waals surface area contributed by atoms with E-state index < -0.39 is 0 Å². The van der Waals surface area contributed by atoms with E-state index in [4.69, 9.17) is 4.74 Å². The van der Waals surface area contributed by atoms with Gasteiger partial charge in [0.15, 0.2) is 0 Å². The van der Waals surface area contributed by atoms with E-state index >= 15 is 0 Å². The maximum absolute atomic E-state index is 5.71. The molecule has 0 saturated heterocycles. The van der Waals surface area contributed by atoms with Gasteiger partial charge in [0.05, 0.1) is 18.5 Å². The molecule has 2 aromatic rings. The van der Waals surface area contributed by atoms with Crippen LogP contribution in [-0.4, -0.2) is 22.0 Å². The fourth-order valence-electron chi connectivity index (χ4n) is 2.43. The zero-order chi connectivity index (χ0) is 14.4. The molecule has 2 rings (SSSR count). The molecule has 0 radical (unpaired) electrons. The van der Waals surface area contributed by atoms with Gasteiger partial charge < -0.3 is 4.74 Å². The summed E-state index contributed by atoms with van der Waals surface area (Å²) in [6.45, 7) is 7.31. The van der Waals surface area contributed by atoms with Crippen molar-refractivity contribution in [3.8, 4) is 5.75 Å². The van der Waals surface area contributed by atoms with Crippen molar-refractivity contribution >= 4 is 0 Å². The number of rotatable bonds is 7. The van der Waals surface area contributed by atoms with Gasteiger partial charge in [-0.1, -0.05) is 26.8 Å². The normalized spacial score (nSPS) is 12.3. The molecule has 0 aliphatic rings. The number of nitrogens with one attached hydrogen (secondary N) is 1. The van der Waals surface area contributed by atoms with Gasteiger partial charge in [0.1, 0.15) is 5.75 Å². The number of nitrogens with zero attached hydrogens (tertiary/aromatic N) is 2. The van der Waals surface area contributed by atoms with Crippen molar-refractivity contribution in [1.29, 1.82) is 0 Å². The van der Waals surface area contributed by atoms with Crippen LogP contribution in [0.2, 0.25) is 0 Å². The highest BCUT2D eigenvalue weighted by Gasteiger charge is 2.13. The molecule has 0 fully saturated rings. The minimum atomic E-state index is 0.426. The number of aromatic amines is 1. The maximum atomic E-state index is 5.71. The van der Waals surface area contributed by atoms with E-state index in [1.807, 2.05) is 0 Å². The molecule has 1 unspecified atom stereocenters. The van der Waals surface area contributed by atoms with E-state index in [0.717, 1.165) is 37.3 Å². The van der Waals surface area contributed by atoms with Gasteiger partial charge in [-0.05, 0) is 48.4 Å². The van der Waals surface area contributed by atoms with E-state index in [-0.39, 0.29) is 0 Å². The van der Waals surface area contributed by atoms with Crippen LogP contribution in [-0.2, 0) is 12.8 Å². The van der Waals surface area contributed by atoms with Gasteiger partial charge >= 0.3 is 0 Å². The van der Waals surface area contributed by atoms with Gasteiger partial charge in [0.2, 0.25) is 0 Å². The molecular weight excluding hydrogens is 250 g/mol. The fourth-order valence-corrected chi connectivity index (χ4v) is 2.43. The molecule has 0 saturated carbocycles. The number of hydrogen-bond acceptors (Lipinski definition) is 3. The molecule has 1 atom stereocenters. The minimum absolute atomic E-state index is 0.426. The minimum Gasteiger partial charge on any atom is -0.494 e. The number of ether oxygens (including phenoxy) is 1. The Bertz CT molecular complexity index is 523. The van der Waals surface area contributed by atoms with Crippen molar-refractivity contribution in [3.63, 3.8) is 0 Å². The second kappa shape index (κ2) is 7.08. The largest absolute Gasteiger partial charge is 0.494 e. The first-order valence-electron chi connectivity index (χ1n) is 7.34. The Balaban J connectivity index is 2.13. The van der Waals surface area contributed by atoms with Crippen LogP contribution in [0.4, 0.5) is 0 Å². The van der Waals surface area contributed by atoms with Crippen LogP contribution in [0.1, 0.15) is 49.9 Å². The van der Waals surface area contributed by atoms with Crippen LogP contribution in [0.5, 0.6) is 5.75 Å². The summed E-state index contributed by atoms with van der Waals surface area (Å²) in [5, 5.41) is 10.7. The summed E-state index contributed by atoms with van der Waals surface area (Å²) in [5.74, 6) is 1.40. The first kappa shape index (κ1) is 14.6. The van der Waals surface area contributed by atoms with Crippen molar-refractivity contribution in [2.75, 3.05) is 6.61 Å². The molecule has 4 nitrogen and oxygen atoms in total. The van der Waals surface area contributed by atoms with Crippen molar-refractivity contribution in [2.45, 2.75) is 46.0 Å². The molecule has 1 N–H and O–H groups in total. The second-order valence-corrected chi connectivity index (χ2v) is 5.13. The van der Waals surface area contributed by atoms with Gasteiger partial charge in [-0.2, -0.15) is 15.4 Å². The number of H-pyrrole nitrogens is 1. The zero-order valence-electron chi connectivity index (χ0n) is 12.5. The Kier molecular flexibility index (Phi) is 5.16. The van der Waals surface area contributed by atoms with Crippen LogP contribution in [0.25, 0.3) is 0 Å². The lowest BCUT2D eigenvalue weighted by Crippen LogP contribution is -2.04. The van der Waals surface area contributed by atoms with E-state index in [0.29, 0.717) is 5.92 Å². The summed E-state index contributed by atoms with van der Waals surface area (Å²) in [5.41, 5.74) is 3.74. The average Bonchev–Trinajstić information content (AvgIpc) is 2.97. The van der Waals surface area contributed by atoms with E-state index in [9.17, 15) is 0 Å². The highest BCUT2D eigenvalue weighted by Crippen LogP contribution is 2.27. The van der Waals surface area contributed by atoms with Gasteiger partial charge in [-0.15, -0.1) is 0 Å². The predicted molar refractivity (Wildman–Crippen MR) is 80.1 cm³/mol. The SMILES string of the molecule is CCCOc1ccc(C(C)Cc2cn[nH]n2)c(CC)c1. The van der Waals surface area contributed by atoms with Gasteiger partial charge in [0, 0.05) is 0 Å². The van der Waals surface area contributed by atoms with Crippen molar-refractivity contribution in [2.24, 2.45) is 0 Å². The van der Waals surface area contributed by atoms with E-state index in [2.05, 4.69) is 54.4 Å². The summed E-state index contributed by atoms with van der Waals surface area (Å²) in [4.78, 5) is 0. The monoisotopic (exact) mass is 273 g/mol. The van der Waals surface area contributed by atoms with Crippen LogP contribution in [0, 0.1) is 0 Å². The molecule has 108 valence electrons. The Morgan fingerprint density at radius 2 is 2.15 bits per heavy atom. The number of hydrogen-bond donors (Lipinski definition) is 1. The highest BCUT2D eigenvalue weighted by molar-refractivity contribution is 5.38. The number of aromatic nitrogens is 3. The van der Waals surface area contributed by atoms with Crippen LogP contribution in [0.3, 0.4) is 0 Å². The third kappa shape index (κ3) is 3.59. The topological polar surface area (TPSA) is 50.8 Å². The Hall–Kier alpha value is -1.84. The molecule has 0 amide bonds. The Labute approximate surface area is 120 Å². The summed E-state index contributed by atoms with van der Waals surface area (Å²) >= 11 is 0. The lowest BCUT2D eigenvalue weighted by molar-refractivity contribution is 0.317. The molecule has 0 aliphatic heterocycles. The molecule has 0 bridgehead atoms. The summed E-state index contributed by atoms with van der Waals surface area (Å²) in [6.07, 6.45) is 4.74. The molecule has 0 aliphatic carbocycles. The first-order valence-corrected chi connectivity index (χ1v) is 7.34. The highest BCUT2D eigenvalue weighted by atomic mass is 16.5. The summed E-state index contributed by atoms with van der Waals surface area (Å²) in [7, 11) is 0. The smallest absolute Gasteiger partial charge is 0.119 e. The summed E-state index contributed by atoms with van der Waals surface area (Å²) < 4.78 is 5.71. The lowest BCUT2D eigenvalue weighted by Gasteiger charge is -2.16. The van der Waals surface area contributed by atoms with Gasteiger partial charge in [0.25, 0.3) is 0 Å². The van der Waals surface area contributed by atoms with Gasteiger partial charge in [-0.3, -0.25) is 0 Å². The van der Waals surface area contributed by atoms with Crippen molar-refractivity contribution in [1.82, 2.24) is 15.4 Å². The van der Waals surface area contributed by atoms with Crippen LogP contribution < -0.4 is 4.74 Å². The third-order valence-electron chi connectivity index (χ3n) is 3.48. The van der Waals surface area contributed by atoms with Crippen molar-refractivity contribution in [3.05, 3.63) is 41.2 Å². The third-order valence-corrected chi connectivity index (χ3v) is 3.48. The molecule has 1 heterocycles. The average molecular weight is 273 g/mol. The molecular formula is C16H23N3O. The molecule has 4 heteroatoms. The molecule has 1 aromatic heterocycles. The standard InChI is InChI=1S/C16H23N3O/c1-4-8-20-15-6-7-16(13(5-2)10-15)12(3)9-14-11-17-19-18-14/h6-7,10-12H,4-5,8-9H2,1-3H3,(H,17,18,19). The predicted octanol–water partition coefficient (Wildman–Crippen LogP) is 3.50. The zero-order valence-corrected chi connectivity index (χ0v) is 12.5. The number of aryl methyl sites for hydroxylation is 1. The lowest BCUT2D eigenvalue weighted by atomic mass is 9.91. The van der Waals surface area contributed by atoms with E-state index in [1.54, 1.807) is 6.20 Å². The number of benzene rings is 1. The van der Waals surface area contributed by atoms with Crippen LogP contribution in [0.15, 0.2) is 24.4 Å². The first-order chi connectivity index (χ1) is 9.74. The second-order valence-electron chi connectivity index (χ2n) is 5.13. The van der Waals surface area contributed by atoms with Crippen LogP contribution >= 0.6 is 0 Å². The molecule has 20 heavy (non-hydrogen) atoms. The maximum Gasteiger partial charge on any atom is 0.119 e. The molecule has 0 spiro atoms. The quantitative estimate of drug-likeness (QED) is 0.840. The fraction of sp³-hybridized carbons (Fsp3) is 0.500. The Morgan fingerprint density at radius 3 is 2.80 bits per heavy atom. The molecule has 1 aromatic carbocycles. The van der Waals surface area contributed by atoms with E-state index in [1.165, 1.54) is 11.1 Å². The Morgan fingerprint density at radius 1 is 1.30 bits per heavy atom.